The molecule has 0 spiro atoms. The Kier molecular flexibility index (Phi) is 27.6. The number of rotatable bonds is 0. The smallest absolute Gasteiger partial charge is 0.755 e. The van der Waals surface area contributed by atoms with E-state index >= 15 is 0 Å². The van der Waals surface area contributed by atoms with Crippen LogP contribution < -0.4 is 69.5 Å². The van der Waals surface area contributed by atoms with Crippen LogP contribution in [0.3, 0.4) is 0 Å². The molecule has 0 N–H and O–H groups in total. The fourth-order valence-corrected chi connectivity index (χ4v) is 0.429. The molecule has 1 rings (SSSR count). The summed E-state index contributed by atoms with van der Waals surface area (Å²) in [5, 5.41) is 25.4. The van der Waals surface area contributed by atoms with Crippen molar-refractivity contribution in [2.75, 3.05) is 0 Å². The first-order chi connectivity index (χ1) is 6.20. The zero-order valence-electron chi connectivity index (χ0n) is 8.75. The molecular weight excluding hydrogens is 258 g/mol. The van der Waals surface area contributed by atoms with E-state index in [2.05, 4.69) is 9.87 Å². The molecule has 0 aromatic carbocycles. The Morgan fingerprint density at radius 1 is 1.44 bits per heavy atom. The van der Waals surface area contributed by atoms with Crippen LogP contribution in [-0.4, -0.2) is 11.1 Å². The number of carboxylic acid groups (broad SMARTS) is 1. The number of hydrogen-bond acceptors (Lipinski definition) is 6. The Bertz CT molecular complexity index is 307. The van der Waals surface area contributed by atoms with Gasteiger partial charge in [0.1, 0.15) is 11.8 Å². The van der Waals surface area contributed by atoms with Gasteiger partial charge in [0.05, 0.1) is 0 Å². The van der Waals surface area contributed by atoms with E-state index in [-0.39, 0.29) is 71.5 Å². The standard InChI is InChI=1S/C6H4N2.CH2O4.ClH.2Na/c7-5-6-3-1-2-4-8-6;2-1(3)5-4;;;/h1-4H;4H,(H,2,3);1H;;/q;;;2*+1/p-2. The van der Waals surface area contributed by atoms with Crippen molar-refractivity contribution in [1.29, 1.82) is 5.26 Å². The summed E-state index contributed by atoms with van der Waals surface area (Å²) in [5.41, 5.74) is 0.465. The van der Waals surface area contributed by atoms with Gasteiger partial charge < -0.3 is 20.0 Å². The number of nitrogens with zero attached hydrogens (tertiary/aromatic N) is 2. The summed E-state index contributed by atoms with van der Waals surface area (Å²) in [7, 11) is 0. The Morgan fingerprint density at radius 3 is 2.12 bits per heavy atom. The second-order valence-corrected chi connectivity index (χ2v) is 1.66. The minimum atomic E-state index is -2.05. The third-order valence-corrected chi connectivity index (χ3v) is 0.847. The number of pyridine rings is 1. The summed E-state index contributed by atoms with van der Waals surface area (Å²) in [6, 6.07) is 7.14. The van der Waals surface area contributed by atoms with Crippen LogP contribution in [0.2, 0.25) is 0 Å². The van der Waals surface area contributed by atoms with Gasteiger partial charge in [-0.1, -0.05) is 6.07 Å². The van der Waals surface area contributed by atoms with E-state index in [1.165, 1.54) is 0 Å². The van der Waals surface area contributed by atoms with Crippen molar-refractivity contribution in [3.05, 3.63) is 30.1 Å². The molecule has 1 heterocycles. The van der Waals surface area contributed by atoms with Crippen molar-refractivity contribution < 1.29 is 79.2 Å². The fourth-order valence-electron chi connectivity index (χ4n) is 0.429. The van der Waals surface area contributed by atoms with E-state index in [0.29, 0.717) is 5.69 Å². The topological polar surface area (TPSA) is 109 Å². The SMILES string of the molecule is Cl.N#Cc1ccccn1.O=C([O-])O[O-].[Na+].[Na+]. The molecule has 16 heavy (non-hydrogen) atoms. The number of halogens is 1. The van der Waals surface area contributed by atoms with Crippen molar-refractivity contribution in [3.63, 3.8) is 0 Å². The Labute approximate surface area is 143 Å². The first kappa shape index (κ1) is 25.1. The minimum absolute atomic E-state index is 0. The van der Waals surface area contributed by atoms with E-state index in [1.807, 2.05) is 6.07 Å². The van der Waals surface area contributed by atoms with Crippen molar-refractivity contribution in [2.45, 2.75) is 0 Å². The molecule has 0 bridgehead atoms. The van der Waals surface area contributed by atoms with Crippen LogP contribution in [0.25, 0.3) is 0 Å². The van der Waals surface area contributed by atoms with Gasteiger partial charge >= 0.3 is 59.1 Å². The molecule has 0 aliphatic heterocycles. The van der Waals surface area contributed by atoms with E-state index in [0.717, 1.165) is 0 Å². The number of carbonyl (C=O) groups is 1. The zero-order valence-corrected chi connectivity index (χ0v) is 13.6. The van der Waals surface area contributed by atoms with Crippen LogP contribution in [0, 0.1) is 11.3 Å². The summed E-state index contributed by atoms with van der Waals surface area (Å²) in [4.78, 5) is 14.8. The van der Waals surface area contributed by atoms with Gasteiger partial charge in [-0.3, -0.25) is 0 Å². The van der Waals surface area contributed by atoms with Crippen LogP contribution in [-0.2, 0) is 4.89 Å². The van der Waals surface area contributed by atoms with Crippen LogP contribution in [0.4, 0.5) is 4.79 Å². The van der Waals surface area contributed by atoms with Gasteiger partial charge in [0.2, 0.25) is 6.16 Å². The normalized spacial score (nSPS) is 6.00. The number of carbonyl (C=O) groups excluding carboxylic acids is 1. The number of aromatic nitrogens is 1. The maximum atomic E-state index is 8.72. The summed E-state index contributed by atoms with van der Waals surface area (Å²) in [6.45, 7) is 0. The van der Waals surface area contributed by atoms with Gasteiger partial charge in [-0.15, -0.1) is 12.4 Å². The summed E-state index contributed by atoms with van der Waals surface area (Å²) in [5.74, 6) is 0. The maximum absolute atomic E-state index is 8.72. The van der Waals surface area contributed by atoms with Crippen molar-refractivity contribution in [3.8, 4) is 6.07 Å². The summed E-state index contributed by atoms with van der Waals surface area (Å²) in [6.07, 6.45) is -0.455. The molecule has 76 valence electrons. The predicted octanol–water partition coefficient (Wildman–Crippen LogP) is -7.00. The predicted molar refractivity (Wildman–Crippen MR) is 42.7 cm³/mol. The molecule has 0 radical (unpaired) electrons. The average Bonchev–Trinajstić information content (AvgIpc) is 2.20. The molecule has 0 aliphatic rings. The van der Waals surface area contributed by atoms with Gasteiger partial charge in [-0.2, -0.15) is 5.26 Å². The molecule has 0 amide bonds. The quantitative estimate of drug-likeness (QED) is 0.261. The van der Waals surface area contributed by atoms with Crippen LogP contribution >= 0.6 is 12.4 Å². The van der Waals surface area contributed by atoms with Gasteiger partial charge in [-0.25, -0.2) is 4.98 Å². The van der Waals surface area contributed by atoms with Crippen molar-refractivity contribution >= 4 is 18.6 Å². The number of hydrogen-bond donors (Lipinski definition) is 0. The minimum Gasteiger partial charge on any atom is -0.755 e. The Hall–Kier alpha value is 0.160. The third kappa shape index (κ3) is 16.6. The van der Waals surface area contributed by atoms with Crippen LogP contribution in [0.1, 0.15) is 5.69 Å². The molecule has 1 aromatic rings. The van der Waals surface area contributed by atoms with Gasteiger partial charge in [0, 0.05) is 6.20 Å². The van der Waals surface area contributed by atoms with Crippen molar-refractivity contribution in [2.24, 2.45) is 0 Å². The van der Waals surface area contributed by atoms with E-state index in [1.54, 1.807) is 24.4 Å². The molecule has 0 atom stereocenters. The fraction of sp³-hybridized carbons (Fsp3) is 0. The Morgan fingerprint density at radius 2 is 1.94 bits per heavy atom. The molecule has 0 aliphatic carbocycles. The third-order valence-electron chi connectivity index (χ3n) is 0.847. The molecule has 6 nitrogen and oxygen atoms in total. The van der Waals surface area contributed by atoms with E-state index in [4.69, 9.17) is 20.4 Å². The molecule has 0 saturated carbocycles. The zero-order chi connectivity index (χ0) is 10.1. The van der Waals surface area contributed by atoms with Gasteiger partial charge in [-0.05, 0) is 12.1 Å². The number of nitriles is 1. The second kappa shape index (κ2) is 17.6. The molecule has 0 unspecified atom stereocenters. The first-order valence-electron chi connectivity index (χ1n) is 3.02. The molecule has 0 saturated heterocycles. The molecule has 0 fully saturated rings. The molecule has 1 aromatic heterocycles. The molecular formula is C7H5ClN2Na2O4. The van der Waals surface area contributed by atoms with E-state index in [9.17, 15) is 0 Å². The van der Waals surface area contributed by atoms with Crippen LogP contribution in [0.15, 0.2) is 24.4 Å². The largest absolute Gasteiger partial charge is 1.00 e. The molecule has 9 heteroatoms. The summed E-state index contributed by atoms with van der Waals surface area (Å²) >= 11 is 0. The second-order valence-electron chi connectivity index (χ2n) is 1.66. The maximum Gasteiger partial charge on any atom is 1.00 e. The van der Waals surface area contributed by atoms with Crippen molar-refractivity contribution in [1.82, 2.24) is 4.98 Å². The van der Waals surface area contributed by atoms with Gasteiger partial charge in [0.15, 0.2) is 0 Å². The average molecular weight is 263 g/mol. The first-order valence-corrected chi connectivity index (χ1v) is 3.02. The monoisotopic (exact) mass is 262 g/mol. The van der Waals surface area contributed by atoms with Gasteiger partial charge in [0.25, 0.3) is 0 Å². The Balaban J connectivity index is -0.0000000818. The van der Waals surface area contributed by atoms with E-state index < -0.39 is 6.16 Å². The van der Waals surface area contributed by atoms with Crippen LogP contribution in [0.5, 0.6) is 0 Å². The summed E-state index contributed by atoms with van der Waals surface area (Å²) < 4.78 is 0.